The average molecular weight is 268 g/mol. The number of rotatable bonds is 8. The van der Waals surface area contributed by atoms with E-state index in [0.717, 1.165) is 13.2 Å². The fourth-order valence-electron chi connectivity index (χ4n) is 0.530. The first kappa shape index (κ1) is 11.7. The van der Waals surface area contributed by atoms with Crippen LogP contribution < -0.4 is 0 Å². The van der Waals surface area contributed by atoms with Crippen molar-refractivity contribution in [1.29, 1.82) is 0 Å². The summed E-state index contributed by atoms with van der Waals surface area (Å²) in [5.74, 6) is 0. The maximum absolute atomic E-state index is 5.35. The Morgan fingerprint density at radius 3 is 1.73 bits per heavy atom. The van der Waals surface area contributed by atoms with Crippen LogP contribution in [0.25, 0.3) is 0 Å². The molecule has 0 aliphatic heterocycles. The third kappa shape index (κ3) is 10.7. The van der Waals surface area contributed by atoms with Crippen molar-refractivity contribution < 1.29 is 6.03 Å². The van der Waals surface area contributed by atoms with Crippen LogP contribution in [0.2, 0.25) is 0 Å². The molecular weight excluding hydrogens is 250 g/mol. The Morgan fingerprint density at radius 1 is 0.909 bits per heavy atom. The average Bonchev–Trinajstić information content (AvgIpc) is 2.03. The van der Waals surface area contributed by atoms with Crippen LogP contribution in [0.5, 0.6) is 0 Å². The predicted octanol–water partition coefficient (Wildman–Crippen LogP) is 2.15. The van der Waals surface area contributed by atoms with Crippen LogP contribution in [0.1, 0.15) is 39.5 Å². The van der Waals surface area contributed by atoms with Crippen LogP contribution in [0.3, 0.4) is 0 Å². The Balaban J connectivity index is 2.69. The Hall–Kier alpha value is 0.738. The van der Waals surface area contributed by atoms with Crippen LogP contribution in [0.4, 0.5) is 0 Å². The van der Waals surface area contributed by atoms with Crippen molar-refractivity contribution in [3.63, 3.8) is 0 Å². The van der Waals surface area contributed by atoms with Gasteiger partial charge in [0.15, 0.2) is 0 Å². The molecule has 0 aliphatic carbocycles. The zero-order chi connectivity index (χ0) is 8.36. The zero-order valence-electron chi connectivity index (χ0n) is 7.51. The van der Waals surface area contributed by atoms with E-state index in [-0.39, 0.29) is 0 Å². The van der Waals surface area contributed by atoms with Gasteiger partial charge in [0, 0.05) is 0 Å². The van der Waals surface area contributed by atoms with Gasteiger partial charge in [0.1, 0.15) is 0 Å². The molecule has 0 aromatic rings. The van der Waals surface area contributed by atoms with Crippen molar-refractivity contribution in [2.24, 2.45) is 0 Å². The fourth-order valence-corrected chi connectivity index (χ4v) is 1.90. The third-order valence-corrected chi connectivity index (χ3v) is 2.93. The van der Waals surface area contributed by atoms with Gasteiger partial charge in [0.05, 0.1) is 0 Å². The van der Waals surface area contributed by atoms with Gasteiger partial charge in [-0.3, -0.25) is 0 Å². The molecule has 0 aliphatic rings. The van der Waals surface area contributed by atoms with Crippen molar-refractivity contribution >= 4 is 22.5 Å². The Morgan fingerprint density at radius 2 is 1.36 bits per heavy atom. The second-order valence-corrected chi connectivity index (χ2v) is 4.35. The second kappa shape index (κ2) is 10.7. The summed E-state index contributed by atoms with van der Waals surface area (Å²) in [6.45, 7) is 6.15. The number of hydrogen-bond acceptors (Lipinski definition) is 2. The molecule has 0 saturated heterocycles. The van der Waals surface area contributed by atoms with Gasteiger partial charge in [-0.25, -0.2) is 0 Å². The molecule has 0 aromatic heterocycles. The molecule has 0 saturated carbocycles. The molecule has 0 spiro atoms. The molecule has 0 unspecified atom stereocenters. The summed E-state index contributed by atoms with van der Waals surface area (Å²) in [5.41, 5.74) is 0. The summed E-state index contributed by atoms with van der Waals surface area (Å²) in [4.78, 5) is 0. The monoisotopic (exact) mass is 267 g/mol. The molecule has 1 radical (unpaired) electrons. The Kier molecular flexibility index (Phi) is 11.5. The van der Waals surface area contributed by atoms with Gasteiger partial charge in [-0.05, 0) is 0 Å². The topological polar surface area (TPSA) is 18.5 Å². The molecule has 0 rings (SSSR count). The molecule has 2 nitrogen and oxygen atoms in total. The first-order valence-electron chi connectivity index (χ1n) is 4.36. The van der Waals surface area contributed by atoms with E-state index >= 15 is 0 Å². The van der Waals surface area contributed by atoms with E-state index in [1.54, 1.807) is 0 Å². The Labute approximate surface area is 81.3 Å². The van der Waals surface area contributed by atoms with Gasteiger partial charge in [-0.15, -0.1) is 0 Å². The first-order chi connectivity index (χ1) is 5.41. The molecule has 0 heterocycles. The van der Waals surface area contributed by atoms with Gasteiger partial charge in [-0.1, -0.05) is 0 Å². The molecule has 11 heavy (non-hydrogen) atoms. The van der Waals surface area contributed by atoms with E-state index < -0.39 is 22.5 Å². The molecule has 3 heteroatoms. The van der Waals surface area contributed by atoms with Gasteiger partial charge < -0.3 is 0 Å². The van der Waals surface area contributed by atoms with Crippen molar-refractivity contribution in [2.45, 2.75) is 39.5 Å². The van der Waals surface area contributed by atoms with Crippen molar-refractivity contribution in [3.8, 4) is 0 Å². The van der Waals surface area contributed by atoms with E-state index in [1.807, 2.05) is 0 Å². The van der Waals surface area contributed by atoms with Gasteiger partial charge in [0.2, 0.25) is 0 Å². The van der Waals surface area contributed by atoms with E-state index in [4.69, 9.17) is 6.03 Å². The third-order valence-electron chi connectivity index (χ3n) is 1.28. The summed E-state index contributed by atoms with van der Waals surface area (Å²) >= 11 is -0.717. The molecule has 0 fully saturated rings. The first-order valence-corrected chi connectivity index (χ1v) is 6.44. The molecule has 67 valence electrons. The molecule has 0 amide bonds. The van der Waals surface area contributed by atoms with E-state index in [1.165, 1.54) is 25.7 Å². The van der Waals surface area contributed by atoms with Crippen LogP contribution >= 0.6 is 0 Å². The molecular formula is C8H18O2Sb. The zero-order valence-corrected chi connectivity index (χ0v) is 10.1. The summed E-state index contributed by atoms with van der Waals surface area (Å²) in [6, 6.07) is 0. The Bertz CT molecular complexity index is 61.1. The van der Waals surface area contributed by atoms with Crippen LogP contribution in [-0.2, 0) is 6.03 Å². The fraction of sp³-hybridized carbons (Fsp3) is 1.00. The quantitative estimate of drug-likeness (QED) is 0.496. The van der Waals surface area contributed by atoms with Gasteiger partial charge in [0.25, 0.3) is 0 Å². The molecule has 0 N–H and O–H groups in total. The summed E-state index contributed by atoms with van der Waals surface area (Å²) < 4.78 is 10.7. The van der Waals surface area contributed by atoms with Gasteiger partial charge >= 0.3 is 81.2 Å². The summed E-state index contributed by atoms with van der Waals surface area (Å²) in [7, 11) is 0. The SMILES string of the molecule is CCCC[O][Sb][O]CCCC. The molecule has 0 bridgehead atoms. The van der Waals surface area contributed by atoms with Crippen molar-refractivity contribution in [3.05, 3.63) is 0 Å². The van der Waals surface area contributed by atoms with Crippen molar-refractivity contribution in [2.75, 3.05) is 13.2 Å². The minimum atomic E-state index is -0.717. The maximum atomic E-state index is 5.35. The summed E-state index contributed by atoms with van der Waals surface area (Å²) in [5, 5.41) is 0. The van der Waals surface area contributed by atoms with E-state index in [0.29, 0.717) is 0 Å². The molecule has 0 aromatic carbocycles. The van der Waals surface area contributed by atoms with Crippen molar-refractivity contribution in [1.82, 2.24) is 0 Å². The normalized spacial score (nSPS) is 10.4. The van der Waals surface area contributed by atoms with E-state index in [9.17, 15) is 0 Å². The number of unbranched alkanes of at least 4 members (excludes halogenated alkanes) is 2. The van der Waals surface area contributed by atoms with Crippen LogP contribution in [0.15, 0.2) is 0 Å². The minimum absolute atomic E-state index is 0.717. The predicted molar refractivity (Wildman–Crippen MR) is 47.5 cm³/mol. The number of hydrogen-bond donors (Lipinski definition) is 0. The van der Waals surface area contributed by atoms with E-state index in [2.05, 4.69) is 13.8 Å². The standard InChI is InChI=1S/2C4H9O.Sb/c2*1-2-3-4-5;/h2*2-4H2,1H3;/q2*-1;+2. The van der Waals surface area contributed by atoms with Gasteiger partial charge in [-0.2, -0.15) is 0 Å². The van der Waals surface area contributed by atoms with Crippen LogP contribution in [0, 0.1) is 0 Å². The second-order valence-electron chi connectivity index (χ2n) is 2.45. The molecule has 0 atom stereocenters. The van der Waals surface area contributed by atoms with Crippen LogP contribution in [-0.4, -0.2) is 35.7 Å². The summed E-state index contributed by atoms with van der Waals surface area (Å²) in [6.07, 6.45) is 4.77.